The highest BCUT2D eigenvalue weighted by Gasteiger charge is 2.38. The Balaban J connectivity index is 1.21. The molecule has 2 aliphatic heterocycles. The van der Waals surface area contributed by atoms with Crippen LogP contribution in [-0.2, 0) is 9.59 Å². The number of aromatic nitrogens is 2. The zero-order chi connectivity index (χ0) is 21.4. The van der Waals surface area contributed by atoms with Crippen molar-refractivity contribution in [2.45, 2.75) is 13.3 Å². The first-order valence-electron chi connectivity index (χ1n) is 10.7. The standard InChI is InChI=1S/C24H25N5O2/c1-17-6-8-19(9-7-17)29-16-18(14-23(29)30)24(31)28-12-10-27(11-13-28)22-15-25-20-4-2-3-5-21(20)26-22/h2-9,15,18H,10-14,16H2,1H3. The van der Waals surface area contributed by atoms with Gasteiger partial charge in [0.05, 0.1) is 23.1 Å². The van der Waals surface area contributed by atoms with Crippen LogP contribution in [0.15, 0.2) is 54.7 Å². The number of hydrogen-bond acceptors (Lipinski definition) is 5. The number of carbonyl (C=O) groups is 2. The number of benzene rings is 2. The van der Waals surface area contributed by atoms with E-state index in [0.717, 1.165) is 28.1 Å². The molecular weight excluding hydrogens is 390 g/mol. The second kappa shape index (κ2) is 7.98. The second-order valence-electron chi connectivity index (χ2n) is 8.27. The molecule has 31 heavy (non-hydrogen) atoms. The van der Waals surface area contributed by atoms with Gasteiger partial charge in [-0.25, -0.2) is 4.98 Å². The molecule has 1 atom stereocenters. The van der Waals surface area contributed by atoms with E-state index in [9.17, 15) is 9.59 Å². The van der Waals surface area contributed by atoms with Crippen molar-refractivity contribution in [2.75, 3.05) is 42.5 Å². The lowest BCUT2D eigenvalue weighted by Gasteiger charge is -2.36. The minimum Gasteiger partial charge on any atom is -0.352 e. The van der Waals surface area contributed by atoms with Gasteiger partial charge < -0.3 is 14.7 Å². The highest BCUT2D eigenvalue weighted by molar-refractivity contribution is 6.00. The molecule has 0 radical (unpaired) electrons. The van der Waals surface area contributed by atoms with Crippen LogP contribution in [0, 0.1) is 12.8 Å². The Bertz CT molecular complexity index is 1120. The maximum absolute atomic E-state index is 13.1. The molecule has 2 saturated heterocycles. The van der Waals surface area contributed by atoms with Gasteiger partial charge in [0.2, 0.25) is 11.8 Å². The summed E-state index contributed by atoms with van der Waals surface area (Å²) in [4.78, 5) is 40.6. The molecule has 2 aliphatic rings. The molecule has 0 saturated carbocycles. The Morgan fingerprint density at radius 1 is 0.968 bits per heavy atom. The van der Waals surface area contributed by atoms with E-state index in [1.807, 2.05) is 60.4 Å². The van der Waals surface area contributed by atoms with Crippen LogP contribution in [0.1, 0.15) is 12.0 Å². The number of hydrogen-bond donors (Lipinski definition) is 0. The summed E-state index contributed by atoms with van der Waals surface area (Å²) >= 11 is 0. The molecular formula is C24H25N5O2. The highest BCUT2D eigenvalue weighted by atomic mass is 16.2. The van der Waals surface area contributed by atoms with E-state index in [-0.39, 0.29) is 24.2 Å². The molecule has 0 spiro atoms. The summed E-state index contributed by atoms with van der Waals surface area (Å²) in [6, 6.07) is 15.7. The van der Waals surface area contributed by atoms with E-state index in [0.29, 0.717) is 32.7 Å². The Morgan fingerprint density at radius 2 is 1.68 bits per heavy atom. The maximum atomic E-state index is 13.1. The first-order chi connectivity index (χ1) is 15.1. The fourth-order valence-corrected chi connectivity index (χ4v) is 4.36. The van der Waals surface area contributed by atoms with Crippen LogP contribution >= 0.6 is 0 Å². The van der Waals surface area contributed by atoms with Crippen LogP contribution in [-0.4, -0.2) is 59.4 Å². The lowest BCUT2D eigenvalue weighted by Crippen LogP contribution is -2.51. The number of aryl methyl sites for hydroxylation is 1. The third-order valence-electron chi connectivity index (χ3n) is 6.17. The molecule has 2 fully saturated rings. The van der Waals surface area contributed by atoms with E-state index in [1.54, 1.807) is 11.1 Å². The number of piperazine rings is 1. The van der Waals surface area contributed by atoms with Crippen LogP contribution in [0.3, 0.4) is 0 Å². The van der Waals surface area contributed by atoms with Crippen molar-refractivity contribution in [1.29, 1.82) is 0 Å². The zero-order valence-electron chi connectivity index (χ0n) is 17.6. The van der Waals surface area contributed by atoms with Crippen molar-refractivity contribution in [1.82, 2.24) is 14.9 Å². The lowest BCUT2D eigenvalue weighted by atomic mass is 10.1. The van der Waals surface area contributed by atoms with Gasteiger partial charge in [-0.3, -0.25) is 14.6 Å². The third-order valence-corrected chi connectivity index (χ3v) is 6.17. The number of amides is 2. The van der Waals surface area contributed by atoms with Gasteiger partial charge in [0, 0.05) is 44.8 Å². The van der Waals surface area contributed by atoms with Crippen molar-refractivity contribution in [3.8, 4) is 0 Å². The van der Waals surface area contributed by atoms with Gasteiger partial charge in [-0.1, -0.05) is 29.8 Å². The number of para-hydroxylation sites is 2. The number of nitrogens with zero attached hydrogens (tertiary/aromatic N) is 5. The van der Waals surface area contributed by atoms with E-state index in [1.165, 1.54) is 0 Å². The lowest BCUT2D eigenvalue weighted by molar-refractivity contribution is -0.136. The molecule has 1 aromatic heterocycles. The summed E-state index contributed by atoms with van der Waals surface area (Å²) < 4.78 is 0. The monoisotopic (exact) mass is 415 g/mol. The number of fused-ring (bicyclic) bond motifs is 1. The molecule has 5 rings (SSSR count). The van der Waals surface area contributed by atoms with Crippen molar-refractivity contribution < 1.29 is 9.59 Å². The Hall–Kier alpha value is -3.48. The molecule has 7 nitrogen and oxygen atoms in total. The van der Waals surface area contributed by atoms with Crippen LogP contribution in [0.2, 0.25) is 0 Å². The molecule has 7 heteroatoms. The molecule has 2 amide bonds. The van der Waals surface area contributed by atoms with Crippen LogP contribution in [0.25, 0.3) is 11.0 Å². The Labute approximate surface area is 181 Å². The van der Waals surface area contributed by atoms with E-state index in [2.05, 4.69) is 9.88 Å². The highest BCUT2D eigenvalue weighted by Crippen LogP contribution is 2.27. The summed E-state index contributed by atoms with van der Waals surface area (Å²) in [6.45, 7) is 5.15. The predicted octanol–water partition coefficient (Wildman–Crippen LogP) is 2.64. The molecule has 158 valence electrons. The Morgan fingerprint density at radius 3 is 2.42 bits per heavy atom. The van der Waals surface area contributed by atoms with E-state index >= 15 is 0 Å². The molecule has 0 N–H and O–H groups in total. The van der Waals surface area contributed by atoms with Gasteiger partial charge in [-0.2, -0.15) is 0 Å². The molecule has 3 aromatic rings. The molecule has 3 heterocycles. The average Bonchev–Trinajstić information content (AvgIpc) is 3.20. The molecule has 0 bridgehead atoms. The van der Waals surface area contributed by atoms with Crippen LogP contribution < -0.4 is 9.80 Å². The van der Waals surface area contributed by atoms with Gasteiger partial charge in [0.15, 0.2) is 0 Å². The van der Waals surface area contributed by atoms with Crippen LogP contribution in [0.4, 0.5) is 11.5 Å². The van der Waals surface area contributed by atoms with Crippen molar-refractivity contribution >= 4 is 34.4 Å². The number of anilines is 2. The molecule has 1 unspecified atom stereocenters. The second-order valence-corrected chi connectivity index (χ2v) is 8.27. The minimum absolute atomic E-state index is 0.0206. The summed E-state index contributed by atoms with van der Waals surface area (Å²) in [5, 5.41) is 0. The van der Waals surface area contributed by atoms with Gasteiger partial charge in [0.25, 0.3) is 0 Å². The normalized spacial score (nSPS) is 19.3. The van der Waals surface area contributed by atoms with Crippen molar-refractivity contribution in [3.63, 3.8) is 0 Å². The van der Waals surface area contributed by atoms with Gasteiger partial charge in [-0.15, -0.1) is 0 Å². The number of carbonyl (C=O) groups excluding carboxylic acids is 2. The SMILES string of the molecule is Cc1ccc(N2CC(C(=O)N3CCN(c4cnc5ccccc5n4)CC3)CC2=O)cc1. The summed E-state index contributed by atoms with van der Waals surface area (Å²) in [5.74, 6) is 0.660. The Kier molecular flexibility index (Phi) is 5.02. The van der Waals surface area contributed by atoms with E-state index in [4.69, 9.17) is 4.98 Å². The van der Waals surface area contributed by atoms with E-state index < -0.39 is 0 Å². The average molecular weight is 415 g/mol. The largest absolute Gasteiger partial charge is 0.352 e. The first-order valence-corrected chi connectivity index (χ1v) is 10.7. The smallest absolute Gasteiger partial charge is 0.228 e. The zero-order valence-corrected chi connectivity index (χ0v) is 17.6. The maximum Gasteiger partial charge on any atom is 0.228 e. The molecule has 2 aromatic carbocycles. The molecule has 0 aliphatic carbocycles. The topological polar surface area (TPSA) is 69.6 Å². The first kappa shape index (κ1) is 19.5. The van der Waals surface area contributed by atoms with Crippen LogP contribution in [0.5, 0.6) is 0 Å². The third kappa shape index (κ3) is 3.83. The van der Waals surface area contributed by atoms with Gasteiger partial charge in [0.1, 0.15) is 5.82 Å². The van der Waals surface area contributed by atoms with Crippen molar-refractivity contribution in [3.05, 3.63) is 60.3 Å². The summed E-state index contributed by atoms with van der Waals surface area (Å²) in [7, 11) is 0. The summed E-state index contributed by atoms with van der Waals surface area (Å²) in [5.41, 5.74) is 3.77. The quantitative estimate of drug-likeness (QED) is 0.658. The summed E-state index contributed by atoms with van der Waals surface area (Å²) in [6.07, 6.45) is 2.08. The van der Waals surface area contributed by atoms with Gasteiger partial charge >= 0.3 is 0 Å². The predicted molar refractivity (Wildman–Crippen MR) is 120 cm³/mol. The number of rotatable bonds is 3. The fraction of sp³-hybridized carbons (Fsp3) is 0.333. The van der Waals surface area contributed by atoms with Crippen molar-refractivity contribution in [2.24, 2.45) is 5.92 Å². The van der Waals surface area contributed by atoms with Gasteiger partial charge in [-0.05, 0) is 31.2 Å². The minimum atomic E-state index is -0.277. The fourth-order valence-electron chi connectivity index (χ4n) is 4.36.